The van der Waals surface area contributed by atoms with Crippen LogP contribution in [-0.4, -0.2) is 24.8 Å². The van der Waals surface area contributed by atoms with Crippen LogP contribution >= 0.6 is 11.4 Å². The zero-order valence-corrected chi connectivity index (χ0v) is 21.6. The van der Waals surface area contributed by atoms with E-state index in [1.807, 2.05) is 31.6 Å². The molecule has 1 aliphatic rings. The average Bonchev–Trinajstić information content (AvgIpc) is 3.29. The van der Waals surface area contributed by atoms with Crippen molar-refractivity contribution in [3.63, 3.8) is 0 Å². The predicted octanol–water partition coefficient (Wildman–Crippen LogP) is 7.48. The number of phenols is 1. The average molecular weight is 477 g/mol. The molecule has 0 bridgehead atoms. The van der Waals surface area contributed by atoms with E-state index in [0.717, 1.165) is 23.3 Å². The van der Waals surface area contributed by atoms with Crippen LogP contribution in [0.25, 0.3) is 0 Å². The minimum Gasteiger partial charge on any atom is -0.508 e. The third-order valence-electron chi connectivity index (χ3n) is 6.26. The Kier molecular flexibility index (Phi) is 8.70. The number of aromatic hydroxyl groups is 1. The van der Waals surface area contributed by atoms with Crippen molar-refractivity contribution in [3.05, 3.63) is 102 Å². The Labute approximate surface area is 207 Å². The first kappa shape index (κ1) is 25.7. The molecule has 0 radical (unpaired) electrons. The van der Waals surface area contributed by atoms with E-state index in [-0.39, 0.29) is 16.2 Å². The van der Waals surface area contributed by atoms with Gasteiger partial charge in [0.15, 0.2) is 0 Å². The van der Waals surface area contributed by atoms with Crippen molar-refractivity contribution in [2.45, 2.75) is 58.4 Å². The zero-order chi connectivity index (χ0) is 24.7. The van der Waals surface area contributed by atoms with Crippen LogP contribution in [0.2, 0.25) is 0 Å². The molecule has 0 saturated carbocycles. The van der Waals surface area contributed by atoms with Crippen molar-refractivity contribution in [2.75, 3.05) is 0 Å². The molecule has 1 heterocycles. The highest BCUT2D eigenvalue weighted by atomic mass is 32.1. The molecule has 0 fully saturated rings. The second-order valence-electron chi connectivity index (χ2n) is 9.52. The van der Waals surface area contributed by atoms with E-state index >= 15 is 0 Å². The van der Waals surface area contributed by atoms with Crippen LogP contribution in [0.3, 0.4) is 0 Å². The highest BCUT2D eigenvalue weighted by Gasteiger charge is 2.32. The fourth-order valence-corrected chi connectivity index (χ4v) is 5.14. The van der Waals surface area contributed by atoms with Gasteiger partial charge in [0, 0.05) is 17.3 Å². The smallest absolute Gasteiger partial charge is 0.115 e. The fraction of sp³-hybridized carbons (Fsp3) is 0.310. The fourth-order valence-electron chi connectivity index (χ4n) is 4.31. The van der Waals surface area contributed by atoms with Gasteiger partial charge in [-0.2, -0.15) is 0 Å². The molecule has 2 N–H and O–H groups in total. The Hall–Kier alpha value is -2.89. The topological polar surface area (TPSA) is 58.3 Å². The molecule has 0 spiro atoms. The van der Waals surface area contributed by atoms with E-state index < -0.39 is 0 Å². The summed E-state index contributed by atoms with van der Waals surface area (Å²) in [7, 11) is 0. The van der Waals surface area contributed by atoms with Gasteiger partial charge in [-0.25, -0.2) is 4.98 Å². The molecule has 1 aromatic heterocycles. The van der Waals surface area contributed by atoms with Gasteiger partial charge in [0.2, 0.25) is 0 Å². The number of phenolic OH excluding ortho intramolecular Hbond substituents is 1. The lowest BCUT2D eigenvalue weighted by atomic mass is 9.71. The van der Waals surface area contributed by atoms with E-state index in [1.165, 1.54) is 16.7 Å². The van der Waals surface area contributed by atoms with Crippen molar-refractivity contribution >= 4 is 16.4 Å². The van der Waals surface area contributed by atoms with Gasteiger partial charge in [-0.3, -0.25) is 0 Å². The first-order valence-corrected chi connectivity index (χ1v) is 12.5. The summed E-state index contributed by atoms with van der Waals surface area (Å²) in [5, 5.41) is 19.9. The molecule has 180 valence electrons. The van der Waals surface area contributed by atoms with Gasteiger partial charge < -0.3 is 14.8 Å². The van der Waals surface area contributed by atoms with Crippen LogP contribution < -0.4 is 0 Å². The molecule has 1 atom stereocenters. The zero-order valence-electron chi connectivity index (χ0n) is 20.7. The Morgan fingerprint density at radius 2 is 1.88 bits per heavy atom. The van der Waals surface area contributed by atoms with Crippen molar-refractivity contribution in [1.82, 2.24) is 9.55 Å². The van der Waals surface area contributed by atoms with E-state index in [1.54, 1.807) is 30.3 Å². The minimum absolute atomic E-state index is 0.150. The third-order valence-corrected chi connectivity index (χ3v) is 7.18. The van der Waals surface area contributed by atoms with Crippen LogP contribution in [0.1, 0.15) is 53.5 Å². The van der Waals surface area contributed by atoms with Crippen LogP contribution in [0.5, 0.6) is 5.75 Å². The molecule has 0 amide bonds. The van der Waals surface area contributed by atoms with E-state index in [4.69, 9.17) is 0 Å². The number of aromatic nitrogens is 2. The number of benzene rings is 1. The van der Waals surface area contributed by atoms with Crippen LogP contribution in [0, 0.1) is 5.41 Å². The van der Waals surface area contributed by atoms with Gasteiger partial charge in [-0.1, -0.05) is 49.8 Å². The molecule has 34 heavy (non-hydrogen) atoms. The Morgan fingerprint density at radius 1 is 1.15 bits per heavy atom. The summed E-state index contributed by atoms with van der Waals surface area (Å²) in [5.74, 6) is 0.223. The summed E-state index contributed by atoms with van der Waals surface area (Å²) in [6.45, 7) is 11.0. The van der Waals surface area contributed by atoms with Gasteiger partial charge in [-0.05, 0) is 86.1 Å². The molecule has 0 aliphatic heterocycles. The maximum Gasteiger partial charge on any atom is 0.115 e. The minimum atomic E-state index is 0.150. The molecule has 3 rings (SSSR count). The second kappa shape index (κ2) is 11.5. The van der Waals surface area contributed by atoms with Crippen molar-refractivity contribution in [1.29, 1.82) is 0 Å². The van der Waals surface area contributed by atoms with Crippen LogP contribution in [0.15, 0.2) is 107 Å². The number of nitrogens with zero attached hydrogens (tertiary/aromatic N) is 2. The summed E-state index contributed by atoms with van der Waals surface area (Å²) in [4.78, 5) is 5.16. The van der Waals surface area contributed by atoms with Crippen LogP contribution in [0.4, 0.5) is 0 Å². The van der Waals surface area contributed by atoms with Gasteiger partial charge in [0.25, 0.3) is 0 Å². The van der Waals surface area contributed by atoms with Gasteiger partial charge >= 0.3 is 0 Å². The van der Waals surface area contributed by atoms with Gasteiger partial charge in [-0.15, -0.1) is 11.4 Å². The molecule has 0 saturated heterocycles. The molecule has 5 heteroatoms. The van der Waals surface area contributed by atoms with Crippen LogP contribution in [-0.2, 0) is 0 Å². The summed E-state index contributed by atoms with van der Waals surface area (Å²) in [5.41, 5.74) is 5.09. The van der Waals surface area contributed by atoms with E-state index in [0.29, 0.717) is 17.4 Å². The lowest BCUT2D eigenvalue weighted by molar-refractivity contribution is 0.327. The lowest BCUT2D eigenvalue weighted by Crippen LogP contribution is -2.25. The molecule has 1 aliphatic carbocycles. The number of imidazole rings is 1. The maximum atomic E-state index is 10.2. The number of hydrogen-bond donors (Lipinski definition) is 3. The maximum absolute atomic E-state index is 10.2. The molecule has 2 aromatic rings. The van der Waals surface area contributed by atoms with Gasteiger partial charge in [0.1, 0.15) is 5.75 Å². The number of hydrogen-bond acceptors (Lipinski definition) is 2. The number of aliphatic hydroxyl groups excluding tert-OH is 1. The van der Waals surface area contributed by atoms with Gasteiger partial charge in [0.05, 0.1) is 17.4 Å². The Morgan fingerprint density at radius 3 is 2.56 bits per heavy atom. The molecular formula is C29H36N2O2S. The van der Waals surface area contributed by atoms with E-state index in [2.05, 4.69) is 61.7 Å². The quantitative estimate of drug-likeness (QED) is 0.168. The highest BCUT2D eigenvalue weighted by molar-refractivity contribution is 7.98. The molecular weight excluding hydrogens is 440 g/mol. The number of thiol groups is 1. The third kappa shape index (κ3) is 7.05. The first-order chi connectivity index (χ1) is 16.2. The first-order valence-electron chi connectivity index (χ1n) is 11.6. The number of aliphatic hydroxyl groups is 1. The lowest BCUT2D eigenvalue weighted by Gasteiger charge is -2.37. The molecule has 4 nitrogen and oxygen atoms in total. The molecule has 1 aromatic carbocycles. The molecule has 1 unspecified atom stereocenters. The van der Waals surface area contributed by atoms with Crippen molar-refractivity contribution in [2.24, 2.45) is 5.41 Å². The predicted molar refractivity (Wildman–Crippen MR) is 146 cm³/mol. The largest absolute Gasteiger partial charge is 0.508 e. The van der Waals surface area contributed by atoms with E-state index in [9.17, 15) is 10.2 Å². The Bertz CT molecular complexity index is 1160. The summed E-state index contributed by atoms with van der Waals surface area (Å²) in [6.07, 6.45) is 20.4. The standard InChI is InChI=1S/C29H36N2O2S/c1-21(7-6-8-22(2)19-28(33)34-25-12-10-24(32)11-13-25)9-14-26-23(3)27(15-16-29(26,4)5)31-18-17-30-20-31/h6-14,17-20,27,32-34H,15-16H2,1-5H3/b8-6+,14-9+,21-7+,22-19-. The SMILES string of the molecule is CC1=C(/C=C/C(C)=C/C=C/C(C)=C\C(O)=[SH]c2ccc(O)cc2)C(C)(C)CCC1n1ccnc1. The van der Waals surface area contributed by atoms with Crippen molar-refractivity contribution < 1.29 is 10.2 Å². The van der Waals surface area contributed by atoms with Crippen molar-refractivity contribution in [3.8, 4) is 5.75 Å². The summed E-state index contributed by atoms with van der Waals surface area (Å²) < 4.78 is 2.21. The summed E-state index contributed by atoms with van der Waals surface area (Å²) in [6, 6.07) is 7.21. The monoisotopic (exact) mass is 476 g/mol. The summed E-state index contributed by atoms with van der Waals surface area (Å²) >= 11 is 0.711. The Balaban J connectivity index is 1.69. The second-order valence-corrected chi connectivity index (χ2v) is 10.7. The highest BCUT2D eigenvalue weighted by Crippen LogP contribution is 2.45. The number of allylic oxidation sites excluding steroid dienone is 9. The number of rotatable bonds is 7. The normalized spacial score (nSPS) is 20.3.